The minimum atomic E-state index is -0.633. The third-order valence-corrected chi connectivity index (χ3v) is 2.53. The number of ether oxygens (including phenoxy) is 1. The normalized spacial score (nSPS) is 10.1. The predicted molar refractivity (Wildman–Crippen MR) is 67.2 cm³/mol. The van der Waals surface area contributed by atoms with Crippen LogP contribution in [-0.2, 0) is 6.54 Å². The van der Waals surface area contributed by atoms with E-state index in [0.717, 1.165) is 0 Å². The Bertz CT molecular complexity index is 626. The summed E-state index contributed by atoms with van der Waals surface area (Å²) in [5.41, 5.74) is -0.445. The van der Waals surface area contributed by atoms with Crippen molar-refractivity contribution in [3.63, 3.8) is 0 Å². The fourth-order valence-corrected chi connectivity index (χ4v) is 1.64. The minimum absolute atomic E-state index is 0.0774. The average Bonchev–Trinajstić information content (AvgIpc) is 2.97. The molecule has 0 bridgehead atoms. The maximum absolute atomic E-state index is 12.1. The van der Waals surface area contributed by atoms with E-state index in [1.807, 2.05) is 0 Å². The van der Waals surface area contributed by atoms with E-state index in [1.54, 1.807) is 0 Å². The standard InChI is InChI=1S/C11H11N5O4/c1-20-8-4-2-3-7(16(18)19)10(8)11(17)12-5-9-13-6-14-15-9/h2-4,6H,5H2,1H3,(H,12,17)(H,13,14,15). The molecule has 0 fully saturated rings. The smallest absolute Gasteiger partial charge is 0.285 e. The van der Waals surface area contributed by atoms with Crippen LogP contribution in [0.25, 0.3) is 0 Å². The Morgan fingerprint density at radius 1 is 1.55 bits per heavy atom. The Kier molecular flexibility index (Phi) is 3.89. The molecule has 104 valence electrons. The first-order chi connectivity index (χ1) is 9.63. The lowest BCUT2D eigenvalue weighted by atomic mass is 10.1. The molecule has 0 aliphatic rings. The van der Waals surface area contributed by atoms with Crippen molar-refractivity contribution < 1.29 is 14.5 Å². The van der Waals surface area contributed by atoms with E-state index < -0.39 is 10.8 Å². The van der Waals surface area contributed by atoms with Crippen molar-refractivity contribution in [2.24, 2.45) is 0 Å². The second kappa shape index (κ2) is 5.78. The molecule has 1 heterocycles. The van der Waals surface area contributed by atoms with Crippen molar-refractivity contribution in [2.75, 3.05) is 7.11 Å². The van der Waals surface area contributed by atoms with E-state index in [4.69, 9.17) is 4.74 Å². The van der Waals surface area contributed by atoms with Gasteiger partial charge in [-0.15, -0.1) is 0 Å². The molecule has 1 amide bonds. The lowest BCUT2D eigenvalue weighted by Gasteiger charge is -2.08. The zero-order valence-electron chi connectivity index (χ0n) is 10.5. The van der Waals surface area contributed by atoms with Crippen LogP contribution < -0.4 is 10.1 Å². The van der Waals surface area contributed by atoms with Gasteiger partial charge in [0.1, 0.15) is 17.9 Å². The average molecular weight is 277 g/mol. The molecule has 0 radical (unpaired) electrons. The number of H-pyrrole nitrogens is 1. The highest BCUT2D eigenvalue weighted by Gasteiger charge is 2.24. The molecule has 9 heteroatoms. The van der Waals surface area contributed by atoms with E-state index in [-0.39, 0.29) is 23.5 Å². The SMILES string of the molecule is COc1cccc([N+](=O)[O-])c1C(=O)NCc1ncn[nH]1. The molecular formula is C11H11N5O4. The highest BCUT2D eigenvalue weighted by molar-refractivity contribution is 6.00. The number of nitrogens with one attached hydrogen (secondary N) is 2. The lowest BCUT2D eigenvalue weighted by Crippen LogP contribution is -2.25. The van der Waals surface area contributed by atoms with Gasteiger partial charge in [0, 0.05) is 6.07 Å². The molecule has 0 unspecified atom stereocenters. The summed E-state index contributed by atoms with van der Waals surface area (Å²) in [6.07, 6.45) is 1.30. The third kappa shape index (κ3) is 2.71. The van der Waals surface area contributed by atoms with E-state index in [9.17, 15) is 14.9 Å². The summed E-state index contributed by atoms with van der Waals surface area (Å²) >= 11 is 0. The molecule has 0 atom stereocenters. The van der Waals surface area contributed by atoms with Crippen molar-refractivity contribution in [3.8, 4) is 5.75 Å². The van der Waals surface area contributed by atoms with Gasteiger partial charge in [0.25, 0.3) is 11.6 Å². The molecular weight excluding hydrogens is 266 g/mol. The Labute approximate surface area is 113 Å². The molecule has 20 heavy (non-hydrogen) atoms. The Morgan fingerprint density at radius 2 is 2.35 bits per heavy atom. The van der Waals surface area contributed by atoms with Gasteiger partial charge in [-0.05, 0) is 6.07 Å². The van der Waals surface area contributed by atoms with Crippen LogP contribution in [0, 0.1) is 10.1 Å². The summed E-state index contributed by atoms with van der Waals surface area (Å²) in [7, 11) is 1.34. The monoisotopic (exact) mass is 277 g/mol. The molecule has 1 aromatic carbocycles. The number of carbonyl (C=O) groups excluding carboxylic acids is 1. The van der Waals surface area contributed by atoms with Crippen LogP contribution in [-0.4, -0.2) is 33.1 Å². The van der Waals surface area contributed by atoms with Crippen LogP contribution in [0.1, 0.15) is 16.2 Å². The van der Waals surface area contributed by atoms with E-state index in [0.29, 0.717) is 5.82 Å². The van der Waals surface area contributed by atoms with Crippen LogP contribution in [0.2, 0.25) is 0 Å². The largest absolute Gasteiger partial charge is 0.496 e. The molecule has 0 aliphatic heterocycles. The number of benzene rings is 1. The highest BCUT2D eigenvalue weighted by Crippen LogP contribution is 2.27. The van der Waals surface area contributed by atoms with E-state index in [1.165, 1.54) is 31.6 Å². The number of carbonyl (C=O) groups is 1. The summed E-state index contributed by atoms with van der Waals surface area (Å²) in [6, 6.07) is 4.17. The van der Waals surface area contributed by atoms with Crippen LogP contribution >= 0.6 is 0 Å². The van der Waals surface area contributed by atoms with Crippen LogP contribution in [0.5, 0.6) is 5.75 Å². The first-order valence-corrected chi connectivity index (χ1v) is 5.57. The maximum Gasteiger partial charge on any atom is 0.285 e. The quantitative estimate of drug-likeness (QED) is 0.611. The molecule has 0 spiro atoms. The summed E-state index contributed by atoms with van der Waals surface area (Å²) < 4.78 is 4.99. The van der Waals surface area contributed by atoms with Crippen molar-refractivity contribution in [2.45, 2.75) is 6.54 Å². The summed E-state index contributed by atoms with van der Waals surface area (Å²) in [4.78, 5) is 26.3. The van der Waals surface area contributed by atoms with Crippen molar-refractivity contribution >= 4 is 11.6 Å². The van der Waals surface area contributed by atoms with E-state index in [2.05, 4.69) is 20.5 Å². The molecule has 9 nitrogen and oxygen atoms in total. The third-order valence-electron chi connectivity index (χ3n) is 2.53. The topological polar surface area (TPSA) is 123 Å². The first-order valence-electron chi connectivity index (χ1n) is 5.57. The van der Waals surface area contributed by atoms with Crippen LogP contribution in [0.15, 0.2) is 24.5 Å². The van der Waals surface area contributed by atoms with Gasteiger partial charge in [0.15, 0.2) is 5.56 Å². The van der Waals surface area contributed by atoms with Crippen molar-refractivity contribution in [1.29, 1.82) is 0 Å². The second-order valence-electron chi connectivity index (χ2n) is 3.73. The fourth-order valence-electron chi connectivity index (χ4n) is 1.64. The summed E-state index contributed by atoms with van der Waals surface area (Å²) in [5.74, 6) is -0.0456. The summed E-state index contributed by atoms with van der Waals surface area (Å²) in [6.45, 7) is 0.0774. The van der Waals surface area contributed by atoms with Gasteiger partial charge in [-0.2, -0.15) is 5.10 Å². The van der Waals surface area contributed by atoms with Gasteiger partial charge in [-0.3, -0.25) is 20.0 Å². The number of aromatic amines is 1. The molecule has 0 aliphatic carbocycles. The number of hydrogen-bond donors (Lipinski definition) is 2. The van der Waals surface area contributed by atoms with E-state index >= 15 is 0 Å². The highest BCUT2D eigenvalue weighted by atomic mass is 16.6. The first kappa shape index (κ1) is 13.5. The Hall–Kier alpha value is -2.97. The predicted octanol–water partition coefficient (Wildman–Crippen LogP) is 0.651. The lowest BCUT2D eigenvalue weighted by molar-refractivity contribution is -0.385. The van der Waals surface area contributed by atoms with Crippen LogP contribution in [0.3, 0.4) is 0 Å². The van der Waals surface area contributed by atoms with Crippen LogP contribution in [0.4, 0.5) is 5.69 Å². The molecule has 1 aromatic heterocycles. The van der Waals surface area contributed by atoms with Gasteiger partial charge in [-0.25, -0.2) is 4.98 Å². The van der Waals surface area contributed by atoms with Gasteiger partial charge >= 0.3 is 0 Å². The van der Waals surface area contributed by atoms with Crippen molar-refractivity contribution in [3.05, 3.63) is 46.0 Å². The van der Waals surface area contributed by atoms with Gasteiger partial charge in [0.2, 0.25) is 0 Å². The summed E-state index contributed by atoms with van der Waals surface area (Å²) in [5, 5.41) is 19.7. The number of methoxy groups -OCH3 is 1. The number of rotatable bonds is 5. The minimum Gasteiger partial charge on any atom is -0.496 e. The van der Waals surface area contributed by atoms with Gasteiger partial charge in [-0.1, -0.05) is 6.07 Å². The Morgan fingerprint density at radius 3 is 2.95 bits per heavy atom. The Balaban J connectivity index is 2.25. The second-order valence-corrected chi connectivity index (χ2v) is 3.73. The number of nitrogens with zero attached hydrogens (tertiary/aromatic N) is 3. The number of amides is 1. The van der Waals surface area contributed by atoms with Gasteiger partial charge < -0.3 is 10.1 Å². The number of hydrogen-bond acceptors (Lipinski definition) is 6. The number of aromatic nitrogens is 3. The van der Waals surface area contributed by atoms with Crippen molar-refractivity contribution in [1.82, 2.24) is 20.5 Å². The number of nitro benzene ring substituents is 1. The molecule has 2 rings (SSSR count). The van der Waals surface area contributed by atoms with Gasteiger partial charge in [0.05, 0.1) is 18.6 Å². The fraction of sp³-hybridized carbons (Fsp3) is 0.182. The zero-order valence-corrected chi connectivity index (χ0v) is 10.5. The molecule has 2 aromatic rings. The number of nitro groups is 1. The molecule has 0 saturated heterocycles. The zero-order chi connectivity index (χ0) is 14.5. The molecule has 2 N–H and O–H groups in total. The molecule has 0 saturated carbocycles. The maximum atomic E-state index is 12.1.